The van der Waals surface area contributed by atoms with E-state index in [1.807, 2.05) is 24.3 Å². The first-order valence-corrected chi connectivity index (χ1v) is 5.21. The molecule has 0 amide bonds. The molecule has 0 heterocycles. The predicted octanol–water partition coefficient (Wildman–Crippen LogP) is 2.98. The van der Waals surface area contributed by atoms with Gasteiger partial charge in [-0.2, -0.15) is 4.99 Å². The summed E-state index contributed by atoms with van der Waals surface area (Å²) in [5.74, 6) is 0. The second-order valence-electron chi connectivity index (χ2n) is 2.66. The summed E-state index contributed by atoms with van der Waals surface area (Å²) in [4.78, 5) is 13.4. The minimum Gasteiger partial charge on any atom is -0.211 e. The lowest BCUT2D eigenvalue weighted by atomic mass is 10.1. The molecule has 13 heavy (non-hydrogen) atoms. The molecule has 0 saturated carbocycles. The minimum absolute atomic E-state index is 0.664. The van der Waals surface area contributed by atoms with Gasteiger partial charge in [0.2, 0.25) is 6.08 Å². The Hall–Kier alpha value is -0.920. The molecule has 3 heteroatoms. The molecule has 1 aromatic rings. The smallest absolute Gasteiger partial charge is 0.211 e. The monoisotopic (exact) mass is 239 g/mol. The van der Waals surface area contributed by atoms with Crippen LogP contribution >= 0.6 is 15.9 Å². The second-order valence-corrected chi connectivity index (χ2v) is 3.46. The van der Waals surface area contributed by atoms with E-state index in [9.17, 15) is 4.79 Å². The SMILES string of the molecule is O=C=Nc1ccc(CCCBr)cc1. The average Bonchev–Trinajstić information content (AvgIpc) is 2.17. The zero-order valence-corrected chi connectivity index (χ0v) is 8.75. The van der Waals surface area contributed by atoms with Crippen molar-refractivity contribution < 1.29 is 4.79 Å². The van der Waals surface area contributed by atoms with Crippen LogP contribution < -0.4 is 0 Å². The quantitative estimate of drug-likeness (QED) is 0.452. The van der Waals surface area contributed by atoms with E-state index in [1.54, 1.807) is 0 Å². The van der Waals surface area contributed by atoms with Gasteiger partial charge in [0.25, 0.3) is 0 Å². The van der Waals surface area contributed by atoms with Gasteiger partial charge in [0.15, 0.2) is 0 Å². The van der Waals surface area contributed by atoms with Crippen molar-refractivity contribution in [1.82, 2.24) is 0 Å². The fraction of sp³-hybridized carbons (Fsp3) is 0.300. The third-order valence-electron chi connectivity index (χ3n) is 1.71. The summed E-state index contributed by atoms with van der Waals surface area (Å²) in [5.41, 5.74) is 1.93. The van der Waals surface area contributed by atoms with Gasteiger partial charge in [0.05, 0.1) is 5.69 Å². The molecule has 1 rings (SSSR count). The van der Waals surface area contributed by atoms with Crippen molar-refractivity contribution in [2.45, 2.75) is 12.8 Å². The van der Waals surface area contributed by atoms with E-state index in [0.29, 0.717) is 5.69 Å². The molecule has 0 saturated heterocycles. The van der Waals surface area contributed by atoms with Gasteiger partial charge in [-0.3, -0.25) is 0 Å². The predicted molar refractivity (Wildman–Crippen MR) is 56.3 cm³/mol. The number of rotatable bonds is 4. The Morgan fingerprint density at radius 1 is 1.31 bits per heavy atom. The van der Waals surface area contributed by atoms with Crippen molar-refractivity contribution in [3.05, 3.63) is 29.8 Å². The fourth-order valence-corrected chi connectivity index (χ4v) is 1.34. The topological polar surface area (TPSA) is 29.4 Å². The number of aryl methyl sites for hydroxylation is 1. The Morgan fingerprint density at radius 2 is 2.00 bits per heavy atom. The van der Waals surface area contributed by atoms with Crippen LogP contribution in [-0.2, 0) is 11.2 Å². The van der Waals surface area contributed by atoms with Gasteiger partial charge < -0.3 is 0 Å². The maximum Gasteiger partial charge on any atom is 0.240 e. The summed E-state index contributed by atoms with van der Waals surface area (Å²) < 4.78 is 0. The van der Waals surface area contributed by atoms with Gasteiger partial charge in [0, 0.05) is 5.33 Å². The first kappa shape index (κ1) is 10.2. The molecule has 0 fully saturated rings. The van der Waals surface area contributed by atoms with E-state index in [0.717, 1.165) is 18.2 Å². The fourth-order valence-electron chi connectivity index (χ4n) is 1.06. The highest BCUT2D eigenvalue weighted by atomic mass is 79.9. The molecule has 0 N–H and O–H groups in total. The lowest BCUT2D eigenvalue weighted by Crippen LogP contribution is -1.84. The van der Waals surface area contributed by atoms with Gasteiger partial charge in [-0.05, 0) is 30.5 Å². The number of halogens is 1. The molecule has 0 radical (unpaired) electrons. The van der Waals surface area contributed by atoms with Crippen LogP contribution in [0, 0.1) is 0 Å². The summed E-state index contributed by atoms with van der Waals surface area (Å²) in [6.07, 6.45) is 3.69. The van der Waals surface area contributed by atoms with Gasteiger partial charge in [-0.25, -0.2) is 4.79 Å². The minimum atomic E-state index is 0.664. The van der Waals surface area contributed by atoms with Gasteiger partial charge in [-0.15, -0.1) is 0 Å². The van der Waals surface area contributed by atoms with Crippen molar-refractivity contribution in [2.24, 2.45) is 4.99 Å². The van der Waals surface area contributed by atoms with Crippen LogP contribution in [0.3, 0.4) is 0 Å². The Kier molecular flexibility index (Phi) is 4.44. The number of benzene rings is 1. The molecular weight excluding hydrogens is 230 g/mol. The highest BCUT2D eigenvalue weighted by molar-refractivity contribution is 9.09. The molecule has 1 aromatic carbocycles. The molecule has 0 aromatic heterocycles. The maximum atomic E-state index is 9.93. The van der Waals surface area contributed by atoms with Crippen molar-refractivity contribution in [1.29, 1.82) is 0 Å². The molecule has 0 aliphatic heterocycles. The van der Waals surface area contributed by atoms with Gasteiger partial charge in [-0.1, -0.05) is 28.1 Å². The van der Waals surface area contributed by atoms with Crippen molar-refractivity contribution >= 4 is 27.7 Å². The molecular formula is C10H10BrNO. The molecule has 0 unspecified atom stereocenters. The summed E-state index contributed by atoms with van der Waals surface area (Å²) >= 11 is 3.38. The molecule has 0 spiro atoms. The molecule has 0 atom stereocenters. The van der Waals surface area contributed by atoms with E-state index < -0.39 is 0 Å². The molecule has 0 aliphatic rings. The third-order valence-corrected chi connectivity index (χ3v) is 2.27. The largest absolute Gasteiger partial charge is 0.240 e. The Bertz CT molecular complexity index is 301. The van der Waals surface area contributed by atoms with Gasteiger partial charge in [0.1, 0.15) is 0 Å². The van der Waals surface area contributed by atoms with Crippen LogP contribution in [0.5, 0.6) is 0 Å². The lowest BCUT2D eigenvalue weighted by molar-refractivity contribution is 0.565. The standard InChI is InChI=1S/C10H10BrNO/c11-7-1-2-9-3-5-10(6-4-9)12-8-13/h3-6H,1-2,7H2. The van der Waals surface area contributed by atoms with Crippen LogP contribution in [0.25, 0.3) is 0 Å². The molecule has 2 nitrogen and oxygen atoms in total. The van der Waals surface area contributed by atoms with Crippen molar-refractivity contribution in [2.75, 3.05) is 5.33 Å². The number of nitrogens with zero attached hydrogens (tertiary/aromatic N) is 1. The van der Waals surface area contributed by atoms with E-state index in [1.165, 1.54) is 11.6 Å². The number of hydrogen-bond acceptors (Lipinski definition) is 2. The van der Waals surface area contributed by atoms with Crippen LogP contribution in [0.2, 0.25) is 0 Å². The Balaban J connectivity index is 2.63. The summed E-state index contributed by atoms with van der Waals surface area (Å²) in [5, 5.41) is 1.02. The lowest BCUT2D eigenvalue weighted by Gasteiger charge is -1.98. The first-order chi connectivity index (χ1) is 6.36. The Labute approximate surface area is 85.8 Å². The van der Waals surface area contributed by atoms with Crippen molar-refractivity contribution in [3.8, 4) is 0 Å². The highest BCUT2D eigenvalue weighted by Crippen LogP contribution is 2.13. The zero-order valence-electron chi connectivity index (χ0n) is 7.16. The third kappa shape index (κ3) is 3.53. The van der Waals surface area contributed by atoms with Crippen LogP contribution in [0.15, 0.2) is 29.3 Å². The van der Waals surface area contributed by atoms with E-state index >= 15 is 0 Å². The number of carbonyl (C=O) groups excluding carboxylic acids is 1. The molecule has 0 aliphatic carbocycles. The second kappa shape index (κ2) is 5.68. The highest BCUT2D eigenvalue weighted by Gasteiger charge is 1.92. The average molecular weight is 240 g/mol. The van der Waals surface area contributed by atoms with Gasteiger partial charge >= 0.3 is 0 Å². The Morgan fingerprint density at radius 3 is 2.54 bits per heavy atom. The van der Waals surface area contributed by atoms with Crippen molar-refractivity contribution in [3.63, 3.8) is 0 Å². The summed E-state index contributed by atoms with van der Waals surface area (Å²) in [6.45, 7) is 0. The maximum absolute atomic E-state index is 9.93. The van der Waals surface area contributed by atoms with Crippen LogP contribution in [-0.4, -0.2) is 11.4 Å². The summed E-state index contributed by atoms with van der Waals surface area (Å²) in [7, 11) is 0. The molecule has 68 valence electrons. The normalized spacial score (nSPS) is 9.31. The number of aliphatic imine (C=N–C) groups is 1. The molecule has 0 bridgehead atoms. The number of alkyl halides is 1. The van der Waals surface area contributed by atoms with E-state index in [2.05, 4.69) is 20.9 Å². The number of hydrogen-bond donors (Lipinski definition) is 0. The zero-order chi connectivity index (χ0) is 9.52. The van der Waals surface area contributed by atoms with E-state index in [-0.39, 0.29) is 0 Å². The van der Waals surface area contributed by atoms with Crippen LogP contribution in [0.1, 0.15) is 12.0 Å². The first-order valence-electron chi connectivity index (χ1n) is 4.09. The number of isocyanates is 1. The summed E-state index contributed by atoms with van der Waals surface area (Å²) in [6, 6.07) is 7.63. The van der Waals surface area contributed by atoms with Crippen LogP contribution in [0.4, 0.5) is 5.69 Å². The van der Waals surface area contributed by atoms with E-state index in [4.69, 9.17) is 0 Å².